The number of halogens is 1. The van der Waals surface area contributed by atoms with Gasteiger partial charge in [-0.15, -0.1) is 0 Å². The Bertz CT molecular complexity index is 595. The molecule has 0 atom stereocenters. The van der Waals surface area contributed by atoms with E-state index in [1.165, 1.54) is 0 Å². The Morgan fingerprint density at radius 1 is 2.00 bits per heavy atom. The zero-order chi connectivity index (χ0) is 18.4. The van der Waals surface area contributed by atoms with Gasteiger partial charge in [0.05, 0.1) is 13.1 Å². The molecule has 0 aliphatic rings. The zero-order valence-electron chi connectivity index (χ0n) is 16.0. The molecule has 1 aromatic rings. The smallest absolute Gasteiger partial charge is 0.405 e. The van der Waals surface area contributed by atoms with E-state index in [1.807, 2.05) is 0 Å². The summed E-state index contributed by atoms with van der Waals surface area (Å²) in [4.78, 5) is 11.2. The summed E-state index contributed by atoms with van der Waals surface area (Å²) in [5, 5.41) is 2.84. The van der Waals surface area contributed by atoms with Crippen molar-refractivity contribution in [3.63, 3.8) is 0 Å². The van der Waals surface area contributed by atoms with Gasteiger partial charge in [-0.3, -0.25) is 4.68 Å². The molecule has 1 amide bonds. The highest BCUT2D eigenvalue weighted by Crippen LogP contribution is 2.25. The van der Waals surface area contributed by atoms with E-state index in [2.05, 4.69) is 9.84 Å². The van der Waals surface area contributed by atoms with Crippen molar-refractivity contribution in [2.75, 3.05) is 0 Å². The second kappa shape index (κ2) is 3.49. The van der Waals surface area contributed by atoms with Crippen LogP contribution in [0, 0.1) is 0 Å². The molecule has 1 heterocycles. The van der Waals surface area contributed by atoms with Gasteiger partial charge < -0.3 is 10.5 Å². The summed E-state index contributed by atoms with van der Waals surface area (Å²) in [5.41, 5.74) is -3.06. The van der Waals surface area contributed by atoms with Crippen LogP contribution < -0.4 is 10.5 Å². The summed E-state index contributed by atoms with van der Waals surface area (Å²) < 4.78 is 70.9. The molecule has 0 aromatic carbocycles. The van der Waals surface area contributed by atoms with Crippen LogP contribution in [0.3, 0.4) is 0 Å². The average Bonchev–Trinajstić information content (AvgIpc) is 2.62. The van der Waals surface area contributed by atoms with E-state index in [4.69, 9.17) is 24.0 Å². The standard InChI is InChI=1S/C8H12ClN3O2/c1-8(2,3)12-4-5(6(9)11-12)14-7(10)13/h4H,1-3H3,(H2,10,13)/i1D3,2D3,4D/hD2. The number of aromatic nitrogens is 2. The molecular weight excluding hydrogens is 206 g/mol. The summed E-state index contributed by atoms with van der Waals surface area (Å²) in [6, 6.07) is 0. The van der Waals surface area contributed by atoms with Crippen LogP contribution in [-0.4, -0.2) is 15.9 Å². The fourth-order valence-electron chi connectivity index (χ4n) is 0.665. The van der Waals surface area contributed by atoms with Crippen molar-refractivity contribution in [3.05, 3.63) is 11.3 Å². The lowest BCUT2D eigenvalue weighted by atomic mass is 10.1. The second-order valence-corrected chi connectivity index (χ2v) is 2.94. The first-order valence-electron chi connectivity index (χ1n) is 7.79. The molecule has 1 rings (SSSR count). The van der Waals surface area contributed by atoms with Crippen LogP contribution in [0.2, 0.25) is 7.98 Å². The predicted molar refractivity (Wildman–Crippen MR) is 52.4 cm³/mol. The third-order valence-corrected chi connectivity index (χ3v) is 1.44. The topological polar surface area (TPSA) is 70.1 Å². The van der Waals surface area contributed by atoms with Gasteiger partial charge in [-0.05, 0) is 20.6 Å². The Morgan fingerprint density at radius 2 is 2.71 bits per heavy atom. The van der Waals surface area contributed by atoms with Crippen LogP contribution in [0.4, 0.5) is 4.79 Å². The maximum absolute atomic E-state index is 11.2. The highest BCUT2D eigenvalue weighted by molar-refractivity contribution is 6.30. The normalized spacial score (nSPS) is 22.3. The van der Waals surface area contributed by atoms with E-state index >= 15 is 0 Å². The van der Waals surface area contributed by atoms with Crippen LogP contribution in [0.5, 0.6) is 5.75 Å². The van der Waals surface area contributed by atoms with E-state index < -0.39 is 48.1 Å². The molecule has 0 unspecified atom stereocenters. The van der Waals surface area contributed by atoms with Gasteiger partial charge in [0.15, 0.2) is 13.7 Å². The lowest BCUT2D eigenvalue weighted by Crippen LogP contribution is -2.22. The summed E-state index contributed by atoms with van der Waals surface area (Å²) in [6.07, 6.45) is -2.43. The second-order valence-electron chi connectivity index (χ2n) is 2.58. The van der Waals surface area contributed by atoms with Crippen molar-refractivity contribution in [1.29, 1.82) is 0 Å². The molecule has 0 saturated heterocycles. The minimum absolute atomic E-state index is 0.330. The first kappa shape index (κ1) is 3.73. The molecule has 14 heavy (non-hydrogen) atoms. The first-order chi connectivity index (χ1) is 10.1. The number of carbonyl (C=O) groups is 1. The molecule has 2 N–H and O–H groups in total. The van der Waals surface area contributed by atoms with Crippen LogP contribution in [0.1, 0.15) is 30.2 Å². The van der Waals surface area contributed by atoms with Gasteiger partial charge in [-0.1, -0.05) is 11.6 Å². The Labute approximate surface area is 99.5 Å². The SMILES string of the molecule is [2H]c1c(OC(=O)N([2H])[2H])c(Cl)nn1C(C)(C([2H])([2H])[2H])C([2H])([2H])[2H]. The number of amides is 1. The highest BCUT2D eigenvalue weighted by atomic mass is 35.5. The molecule has 0 saturated carbocycles. The van der Waals surface area contributed by atoms with E-state index in [0.29, 0.717) is 4.68 Å². The number of nitrogens with two attached hydrogens (primary N) is 1. The van der Waals surface area contributed by atoms with Crippen molar-refractivity contribution in [1.82, 2.24) is 9.78 Å². The van der Waals surface area contributed by atoms with Crippen LogP contribution in [0.25, 0.3) is 0 Å². The minimum atomic E-state index is -3.10. The average molecular weight is 227 g/mol. The number of rotatable bonds is 1. The van der Waals surface area contributed by atoms with E-state index in [-0.39, 0.29) is 0 Å². The van der Waals surface area contributed by atoms with Crippen molar-refractivity contribution in [3.8, 4) is 5.75 Å². The molecular formula is C8H12ClN3O2. The minimum Gasteiger partial charge on any atom is -0.405 e. The number of hydrogen-bond acceptors (Lipinski definition) is 3. The molecule has 78 valence electrons. The maximum Gasteiger partial charge on any atom is 0.410 e. The predicted octanol–water partition coefficient (Wildman–Crippen LogP) is 1.75. The number of primary amides is 1. The summed E-state index contributed by atoms with van der Waals surface area (Å²) in [5.74, 6) is -0.749. The third-order valence-electron chi connectivity index (χ3n) is 1.20. The van der Waals surface area contributed by atoms with Crippen molar-refractivity contribution >= 4 is 17.7 Å². The first-order valence-corrected chi connectivity index (χ1v) is 3.77. The summed E-state index contributed by atoms with van der Waals surface area (Å²) in [7, 11) is 0. The van der Waals surface area contributed by atoms with E-state index in [0.717, 1.165) is 6.92 Å². The molecule has 1 aromatic heterocycles. The van der Waals surface area contributed by atoms with Crippen LogP contribution in [-0.2, 0) is 5.54 Å². The van der Waals surface area contributed by atoms with Crippen molar-refractivity contribution in [2.45, 2.75) is 26.2 Å². The van der Waals surface area contributed by atoms with Gasteiger partial charge in [-0.25, -0.2) is 4.79 Å². The number of hydrogen-bond donors (Lipinski definition) is 1. The molecule has 0 radical (unpaired) electrons. The highest BCUT2D eigenvalue weighted by Gasteiger charge is 2.18. The number of nitrogens with zero attached hydrogens (tertiary/aromatic N) is 2. The monoisotopic (exact) mass is 226 g/mol. The molecule has 0 aliphatic carbocycles. The van der Waals surface area contributed by atoms with E-state index in [1.54, 1.807) is 0 Å². The fourth-order valence-corrected chi connectivity index (χ4v) is 0.821. The number of carbonyl (C=O) groups excluding carboxylic acids is 1. The molecule has 5 nitrogen and oxygen atoms in total. The number of ether oxygens (including phenoxy) is 1. The van der Waals surface area contributed by atoms with Gasteiger partial charge in [0.2, 0.25) is 0 Å². The quantitative estimate of drug-likeness (QED) is 0.793. The zero-order valence-corrected chi connectivity index (χ0v) is 7.79. The molecule has 0 fully saturated rings. The summed E-state index contributed by atoms with van der Waals surface area (Å²) in [6.45, 7) is -5.34. The Morgan fingerprint density at radius 3 is 3.29 bits per heavy atom. The van der Waals surface area contributed by atoms with Gasteiger partial charge in [-0.2, -0.15) is 5.10 Å². The van der Waals surface area contributed by atoms with Crippen LogP contribution >= 0.6 is 11.6 Å². The third kappa shape index (κ3) is 2.38. The molecule has 0 aliphatic heterocycles. The molecule has 0 spiro atoms. The Balaban J connectivity index is 3.52. The summed E-state index contributed by atoms with van der Waals surface area (Å²) >= 11 is 5.67. The van der Waals surface area contributed by atoms with Gasteiger partial charge in [0, 0.05) is 8.22 Å². The Kier molecular flexibility index (Phi) is 0.931. The Hall–Kier alpha value is -1.23. The molecule has 6 heteroatoms. The van der Waals surface area contributed by atoms with Gasteiger partial charge >= 0.3 is 6.09 Å². The lowest BCUT2D eigenvalue weighted by Gasteiger charge is -2.18. The lowest BCUT2D eigenvalue weighted by molar-refractivity contribution is 0.210. The largest absolute Gasteiger partial charge is 0.410 e. The van der Waals surface area contributed by atoms with Gasteiger partial charge in [0.1, 0.15) is 0 Å². The van der Waals surface area contributed by atoms with E-state index in [9.17, 15) is 4.79 Å². The fraction of sp³-hybridized carbons (Fsp3) is 0.500. The van der Waals surface area contributed by atoms with Crippen LogP contribution in [0.15, 0.2) is 6.17 Å². The van der Waals surface area contributed by atoms with Crippen molar-refractivity contribution in [2.24, 2.45) is 5.72 Å². The van der Waals surface area contributed by atoms with Gasteiger partial charge in [0.25, 0.3) is 0 Å². The molecule has 0 bridgehead atoms. The van der Waals surface area contributed by atoms with Crippen molar-refractivity contribution < 1.29 is 22.0 Å². The maximum atomic E-state index is 11.2.